The van der Waals surface area contributed by atoms with Gasteiger partial charge in [0.1, 0.15) is 0 Å². The molecule has 160 valence electrons. The van der Waals surface area contributed by atoms with Gasteiger partial charge in [-0.1, -0.05) is 12.1 Å². The molecule has 8 nitrogen and oxygen atoms in total. The lowest BCUT2D eigenvalue weighted by Gasteiger charge is -2.18. The number of amides is 2. The average Bonchev–Trinajstić information content (AvgIpc) is 2.88. The van der Waals surface area contributed by atoms with Gasteiger partial charge >= 0.3 is 21.6 Å². The molecule has 1 heterocycles. The van der Waals surface area contributed by atoms with Gasteiger partial charge in [0, 0.05) is 6.54 Å². The third kappa shape index (κ3) is 5.12. The summed E-state index contributed by atoms with van der Waals surface area (Å²) < 4.78 is 68.4. The second-order valence-electron chi connectivity index (χ2n) is 6.04. The van der Waals surface area contributed by atoms with Gasteiger partial charge in [-0.2, -0.15) is 21.6 Å². The Morgan fingerprint density at radius 2 is 1.66 bits per heavy atom. The van der Waals surface area contributed by atoms with Crippen LogP contribution in [0.5, 0.6) is 0 Å². The van der Waals surface area contributed by atoms with E-state index in [0.717, 1.165) is 4.90 Å². The fourth-order valence-corrected chi connectivity index (χ4v) is 3.28. The molecule has 1 aromatic carbocycles. The first-order valence-electron chi connectivity index (χ1n) is 8.61. The van der Waals surface area contributed by atoms with Gasteiger partial charge < -0.3 is 4.74 Å². The summed E-state index contributed by atoms with van der Waals surface area (Å²) in [4.78, 5) is 37.2. The Kier molecular flexibility index (Phi) is 7.01. The average molecular weight is 437 g/mol. The molecule has 1 aliphatic rings. The van der Waals surface area contributed by atoms with Crippen LogP contribution in [0.25, 0.3) is 0 Å². The lowest BCUT2D eigenvalue weighted by molar-refractivity contribution is -0.152. The maximum Gasteiger partial charge on any atom is 0.523 e. The molecular formula is C17H18F3NO7S. The van der Waals surface area contributed by atoms with Crippen molar-refractivity contribution in [2.45, 2.75) is 37.8 Å². The fourth-order valence-electron chi connectivity index (χ4n) is 2.69. The number of benzene rings is 1. The SMILES string of the molecule is CCOC(=O)[C@@H](CCCCN1C(=O)c2ccccc2C1=O)OS(=O)(=O)C(F)(F)F. The normalized spacial score (nSPS) is 15.4. The Balaban J connectivity index is 1.96. The minimum Gasteiger partial charge on any atom is -0.464 e. The van der Waals surface area contributed by atoms with Crippen LogP contribution in [-0.4, -0.2) is 55.9 Å². The van der Waals surface area contributed by atoms with Crippen LogP contribution in [0.4, 0.5) is 13.2 Å². The van der Waals surface area contributed by atoms with Crippen molar-refractivity contribution in [3.63, 3.8) is 0 Å². The fraction of sp³-hybridized carbons (Fsp3) is 0.471. The van der Waals surface area contributed by atoms with Gasteiger partial charge in [-0.15, -0.1) is 0 Å². The van der Waals surface area contributed by atoms with Crippen molar-refractivity contribution in [3.8, 4) is 0 Å². The summed E-state index contributed by atoms with van der Waals surface area (Å²) in [5.74, 6) is -2.24. The first kappa shape index (κ1) is 22.8. The van der Waals surface area contributed by atoms with Gasteiger partial charge in [0.05, 0.1) is 17.7 Å². The molecule has 2 rings (SSSR count). The summed E-state index contributed by atoms with van der Waals surface area (Å²) in [6.45, 7) is 1.17. The van der Waals surface area contributed by atoms with Crippen LogP contribution in [-0.2, 0) is 23.8 Å². The molecule has 2 amide bonds. The van der Waals surface area contributed by atoms with E-state index in [4.69, 9.17) is 0 Å². The number of rotatable bonds is 9. The largest absolute Gasteiger partial charge is 0.523 e. The number of carbonyl (C=O) groups excluding carboxylic acids is 3. The predicted octanol–water partition coefficient (Wildman–Crippen LogP) is 2.25. The van der Waals surface area contributed by atoms with Gasteiger partial charge in [0.15, 0.2) is 6.10 Å². The number of hydrogen-bond acceptors (Lipinski definition) is 7. The minimum absolute atomic E-state index is 0.00423. The Morgan fingerprint density at radius 3 is 2.14 bits per heavy atom. The highest BCUT2D eigenvalue weighted by Gasteiger charge is 2.49. The van der Waals surface area contributed by atoms with Crippen molar-refractivity contribution in [2.75, 3.05) is 13.2 Å². The van der Waals surface area contributed by atoms with Crippen molar-refractivity contribution in [3.05, 3.63) is 35.4 Å². The van der Waals surface area contributed by atoms with Crippen LogP contribution < -0.4 is 0 Å². The molecule has 0 aromatic heterocycles. The van der Waals surface area contributed by atoms with Crippen LogP contribution in [0.2, 0.25) is 0 Å². The number of ether oxygens (including phenoxy) is 1. The number of hydrogen-bond donors (Lipinski definition) is 0. The Labute approximate surface area is 164 Å². The van der Waals surface area contributed by atoms with E-state index in [-0.39, 0.29) is 37.1 Å². The highest BCUT2D eigenvalue weighted by Crippen LogP contribution is 2.27. The molecule has 0 aliphatic carbocycles. The van der Waals surface area contributed by atoms with Crippen LogP contribution in [0.3, 0.4) is 0 Å². The van der Waals surface area contributed by atoms with E-state index in [1.54, 1.807) is 12.1 Å². The van der Waals surface area contributed by atoms with Gasteiger partial charge in [-0.25, -0.2) is 8.98 Å². The van der Waals surface area contributed by atoms with Crippen LogP contribution in [0.1, 0.15) is 46.9 Å². The second kappa shape index (κ2) is 8.91. The van der Waals surface area contributed by atoms with Gasteiger partial charge in [-0.3, -0.25) is 14.5 Å². The van der Waals surface area contributed by atoms with Crippen molar-refractivity contribution >= 4 is 27.9 Å². The number of alkyl halides is 3. The third-order valence-corrected chi connectivity index (χ3v) is 5.10. The smallest absolute Gasteiger partial charge is 0.464 e. The maximum absolute atomic E-state index is 12.5. The molecule has 0 radical (unpaired) electrons. The molecular weight excluding hydrogens is 419 g/mol. The van der Waals surface area contributed by atoms with Gasteiger partial charge in [-0.05, 0) is 38.3 Å². The molecule has 29 heavy (non-hydrogen) atoms. The van der Waals surface area contributed by atoms with Crippen molar-refractivity contribution < 1.29 is 44.9 Å². The van der Waals surface area contributed by atoms with E-state index in [9.17, 15) is 36.0 Å². The molecule has 12 heteroatoms. The van der Waals surface area contributed by atoms with Crippen LogP contribution in [0, 0.1) is 0 Å². The molecule has 0 fully saturated rings. The molecule has 1 atom stereocenters. The first-order chi connectivity index (χ1) is 13.5. The topological polar surface area (TPSA) is 107 Å². The number of nitrogens with zero attached hydrogens (tertiary/aromatic N) is 1. The van der Waals surface area contributed by atoms with Crippen molar-refractivity contribution in [2.24, 2.45) is 0 Å². The van der Waals surface area contributed by atoms with E-state index in [1.807, 2.05) is 0 Å². The predicted molar refractivity (Wildman–Crippen MR) is 92.1 cm³/mol. The lowest BCUT2D eigenvalue weighted by Crippen LogP contribution is -2.35. The number of unbranched alkanes of at least 4 members (excludes halogenated alkanes) is 1. The molecule has 0 bridgehead atoms. The number of imide groups is 1. The van der Waals surface area contributed by atoms with Gasteiger partial charge in [0.2, 0.25) is 0 Å². The van der Waals surface area contributed by atoms with Crippen LogP contribution >= 0.6 is 0 Å². The molecule has 0 saturated heterocycles. The van der Waals surface area contributed by atoms with E-state index in [0.29, 0.717) is 0 Å². The lowest BCUT2D eigenvalue weighted by atomic mass is 10.1. The summed E-state index contributed by atoms with van der Waals surface area (Å²) in [5, 5.41) is 0. The first-order valence-corrected chi connectivity index (χ1v) is 10.0. The number of halogens is 3. The molecule has 0 saturated carbocycles. The monoisotopic (exact) mass is 437 g/mol. The summed E-state index contributed by atoms with van der Waals surface area (Å²) in [6, 6.07) is 6.22. The molecule has 0 unspecified atom stereocenters. The number of fused-ring (bicyclic) bond motifs is 1. The zero-order valence-electron chi connectivity index (χ0n) is 15.3. The zero-order valence-corrected chi connectivity index (χ0v) is 16.1. The standard InChI is InChI=1S/C17H18F3NO7S/c1-2-27-16(24)13(28-29(25,26)17(18,19)20)9-5-6-10-21-14(22)11-7-3-4-8-12(11)15(21)23/h3-4,7-8,13H,2,5-6,9-10H2,1H3/t13-/m1/s1. The molecule has 0 spiro atoms. The van der Waals surface area contributed by atoms with Crippen LogP contribution in [0.15, 0.2) is 24.3 Å². The Morgan fingerprint density at radius 1 is 1.10 bits per heavy atom. The quantitative estimate of drug-likeness (QED) is 0.192. The summed E-state index contributed by atoms with van der Waals surface area (Å²) in [5.41, 5.74) is -5.18. The number of carbonyl (C=O) groups is 3. The summed E-state index contributed by atoms with van der Waals surface area (Å²) in [6.07, 6.45) is -2.26. The van der Waals surface area contributed by atoms with E-state index in [2.05, 4.69) is 8.92 Å². The summed E-state index contributed by atoms with van der Waals surface area (Å²) >= 11 is 0. The number of esters is 1. The van der Waals surface area contributed by atoms with Crippen molar-refractivity contribution in [1.29, 1.82) is 0 Å². The third-order valence-electron chi connectivity index (χ3n) is 4.05. The minimum atomic E-state index is -5.99. The highest BCUT2D eigenvalue weighted by molar-refractivity contribution is 7.87. The Bertz CT molecular complexity index is 864. The van der Waals surface area contributed by atoms with E-state index < -0.39 is 45.9 Å². The maximum atomic E-state index is 12.5. The highest BCUT2D eigenvalue weighted by atomic mass is 32.2. The van der Waals surface area contributed by atoms with E-state index in [1.165, 1.54) is 19.1 Å². The van der Waals surface area contributed by atoms with E-state index >= 15 is 0 Å². The molecule has 0 N–H and O–H groups in total. The van der Waals surface area contributed by atoms with Gasteiger partial charge in [0.25, 0.3) is 11.8 Å². The molecule has 1 aliphatic heterocycles. The zero-order chi connectivity index (χ0) is 21.8. The molecule has 1 aromatic rings. The second-order valence-corrected chi connectivity index (χ2v) is 7.60. The van der Waals surface area contributed by atoms with Crippen molar-refractivity contribution in [1.82, 2.24) is 4.90 Å². The summed E-state index contributed by atoms with van der Waals surface area (Å²) in [7, 11) is -5.99. The Hall–Kier alpha value is -2.47.